The van der Waals surface area contributed by atoms with Gasteiger partial charge >= 0.3 is 0 Å². The number of carbonyl (C=O) groups excluding carboxylic acids is 1. The van der Waals surface area contributed by atoms with Crippen molar-refractivity contribution in [2.45, 2.75) is 24.2 Å². The highest BCUT2D eigenvalue weighted by molar-refractivity contribution is 7.98. The van der Waals surface area contributed by atoms with Crippen molar-refractivity contribution in [3.8, 4) is 0 Å². The normalized spacial score (nSPS) is 22.1. The van der Waals surface area contributed by atoms with Crippen molar-refractivity contribution >= 4 is 29.0 Å². The number of nitrogens with one attached hydrogen (secondary N) is 1. The first-order valence-electron chi connectivity index (χ1n) is 6.86. The van der Waals surface area contributed by atoms with Gasteiger partial charge in [0.2, 0.25) is 0 Å². The molecule has 2 saturated heterocycles. The van der Waals surface area contributed by atoms with Crippen molar-refractivity contribution in [2.75, 3.05) is 32.4 Å². The van der Waals surface area contributed by atoms with E-state index in [1.54, 1.807) is 23.1 Å². The van der Waals surface area contributed by atoms with Crippen LogP contribution in [-0.4, -0.2) is 43.2 Å². The predicted molar refractivity (Wildman–Crippen MR) is 81.2 cm³/mol. The summed E-state index contributed by atoms with van der Waals surface area (Å²) in [5.74, 6) is 0.236. The maximum Gasteiger partial charge on any atom is 0.265 e. The molecule has 19 heavy (non-hydrogen) atoms. The number of amides is 1. The van der Waals surface area contributed by atoms with E-state index in [1.165, 1.54) is 6.42 Å². The molecule has 0 radical (unpaired) electrons. The molecule has 2 aliphatic rings. The summed E-state index contributed by atoms with van der Waals surface area (Å²) in [7, 11) is 0. The Morgan fingerprint density at radius 1 is 1.42 bits per heavy atom. The van der Waals surface area contributed by atoms with Crippen molar-refractivity contribution in [1.29, 1.82) is 0 Å². The summed E-state index contributed by atoms with van der Waals surface area (Å²) in [5.41, 5.74) is 0.481. The van der Waals surface area contributed by atoms with Gasteiger partial charge in [0.1, 0.15) is 4.88 Å². The lowest BCUT2D eigenvalue weighted by Gasteiger charge is -2.38. The van der Waals surface area contributed by atoms with Gasteiger partial charge in [0, 0.05) is 24.5 Å². The summed E-state index contributed by atoms with van der Waals surface area (Å²) >= 11 is 3.24. The zero-order chi connectivity index (χ0) is 13.3. The molecule has 1 aromatic rings. The number of likely N-dealkylation sites (tertiary alicyclic amines) is 1. The molecule has 0 aliphatic carbocycles. The molecule has 104 valence electrons. The number of hydrogen-bond acceptors (Lipinski definition) is 4. The van der Waals surface area contributed by atoms with Crippen LogP contribution in [0.5, 0.6) is 0 Å². The summed E-state index contributed by atoms with van der Waals surface area (Å²) in [4.78, 5) is 16.6. The van der Waals surface area contributed by atoms with Crippen molar-refractivity contribution in [3.05, 3.63) is 16.3 Å². The van der Waals surface area contributed by atoms with Crippen LogP contribution in [0.25, 0.3) is 0 Å². The van der Waals surface area contributed by atoms with Gasteiger partial charge < -0.3 is 10.2 Å². The van der Waals surface area contributed by atoms with Gasteiger partial charge in [-0.2, -0.15) is 0 Å². The lowest BCUT2D eigenvalue weighted by molar-refractivity contribution is 0.0609. The molecule has 3 nitrogen and oxygen atoms in total. The summed E-state index contributed by atoms with van der Waals surface area (Å²) in [6, 6.07) is 2.05. The molecule has 0 atom stereocenters. The van der Waals surface area contributed by atoms with Crippen LogP contribution in [0.1, 0.15) is 28.9 Å². The number of nitrogens with zero attached hydrogens (tertiary/aromatic N) is 1. The molecule has 0 aromatic carbocycles. The number of rotatable bonds is 2. The number of piperidine rings is 1. The lowest BCUT2D eigenvalue weighted by atomic mass is 9.78. The van der Waals surface area contributed by atoms with Gasteiger partial charge in [-0.25, -0.2) is 0 Å². The third-order valence-corrected chi connectivity index (χ3v) is 6.30. The SMILES string of the molecule is CSc1ccsc1C(=O)N1CCC2(CCNC2)CC1. The van der Waals surface area contributed by atoms with Crippen molar-refractivity contribution in [2.24, 2.45) is 5.41 Å². The predicted octanol–water partition coefficient (Wildman–Crippen LogP) is 2.69. The molecular weight excluding hydrogens is 276 g/mol. The van der Waals surface area contributed by atoms with E-state index in [-0.39, 0.29) is 5.91 Å². The topological polar surface area (TPSA) is 32.3 Å². The fraction of sp³-hybridized carbons (Fsp3) is 0.643. The highest BCUT2D eigenvalue weighted by Crippen LogP contribution is 2.38. The van der Waals surface area contributed by atoms with Gasteiger partial charge in [0.05, 0.1) is 0 Å². The van der Waals surface area contributed by atoms with Gasteiger partial charge in [0.25, 0.3) is 5.91 Å². The third-order valence-electron chi connectivity index (χ3n) is 4.49. The molecule has 3 heterocycles. The van der Waals surface area contributed by atoms with E-state index in [0.717, 1.165) is 48.8 Å². The maximum absolute atomic E-state index is 12.6. The largest absolute Gasteiger partial charge is 0.338 e. The van der Waals surface area contributed by atoms with Crippen LogP contribution in [0.15, 0.2) is 16.3 Å². The maximum atomic E-state index is 12.6. The zero-order valence-electron chi connectivity index (χ0n) is 11.3. The van der Waals surface area contributed by atoms with E-state index in [4.69, 9.17) is 0 Å². The molecule has 0 unspecified atom stereocenters. The second kappa shape index (κ2) is 5.46. The van der Waals surface area contributed by atoms with Crippen molar-refractivity contribution in [3.63, 3.8) is 0 Å². The van der Waals surface area contributed by atoms with E-state index in [0.29, 0.717) is 5.41 Å². The van der Waals surface area contributed by atoms with E-state index < -0.39 is 0 Å². The minimum absolute atomic E-state index is 0.236. The average molecular weight is 296 g/mol. The van der Waals surface area contributed by atoms with Gasteiger partial charge in [-0.15, -0.1) is 23.1 Å². The van der Waals surface area contributed by atoms with Crippen LogP contribution in [-0.2, 0) is 0 Å². The number of hydrogen-bond donors (Lipinski definition) is 1. The van der Waals surface area contributed by atoms with Crippen LogP contribution in [0, 0.1) is 5.41 Å². The summed E-state index contributed by atoms with van der Waals surface area (Å²) in [6.07, 6.45) is 5.63. The smallest absolute Gasteiger partial charge is 0.265 e. The molecule has 0 saturated carbocycles. The van der Waals surface area contributed by atoms with E-state index >= 15 is 0 Å². The van der Waals surface area contributed by atoms with Gasteiger partial charge in [-0.1, -0.05) is 0 Å². The first kappa shape index (κ1) is 13.5. The Kier molecular flexibility index (Phi) is 3.87. The summed E-state index contributed by atoms with van der Waals surface area (Å²) in [5, 5.41) is 5.49. The van der Waals surface area contributed by atoms with Crippen LogP contribution < -0.4 is 5.32 Å². The second-order valence-corrected chi connectivity index (χ2v) is 7.30. The lowest BCUT2D eigenvalue weighted by Crippen LogP contribution is -2.43. The molecule has 3 rings (SSSR count). The summed E-state index contributed by atoms with van der Waals surface area (Å²) < 4.78 is 0. The number of thiophene rings is 1. The van der Waals surface area contributed by atoms with Gasteiger partial charge in [-0.3, -0.25) is 4.79 Å². The molecule has 2 fully saturated rings. The number of thioether (sulfide) groups is 1. The highest BCUT2D eigenvalue weighted by Gasteiger charge is 2.38. The Bertz CT molecular complexity index is 456. The van der Waals surface area contributed by atoms with Gasteiger partial charge in [0.15, 0.2) is 0 Å². The van der Waals surface area contributed by atoms with Crippen molar-refractivity contribution < 1.29 is 4.79 Å². The molecule has 1 amide bonds. The Balaban J connectivity index is 1.66. The number of carbonyl (C=O) groups is 1. The fourth-order valence-corrected chi connectivity index (χ4v) is 4.88. The zero-order valence-corrected chi connectivity index (χ0v) is 12.9. The molecule has 2 aliphatic heterocycles. The monoisotopic (exact) mass is 296 g/mol. The molecular formula is C14H20N2OS2. The molecule has 1 N–H and O–H groups in total. The third kappa shape index (κ3) is 2.56. The Morgan fingerprint density at radius 3 is 2.84 bits per heavy atom. The van der Waals surface area contributed by atoms with E-state index in [9.17, 15) is 4.79 Å². The standard InChI is InChI=1S/C14H20N2OS2/c1-18-11-2-9-19-12(11)13(17)16-7-4-14(5-8-16)3-6-15-10-14/h2,9,15H,3-8,10H2,1H3. The Morgan fingerprint density at radius 2 is 2.21 bits per heavy atom. The van der Waals surface area contributed by atoms with Crippen LogP contribution >= 0.6 is 23.1 Å². The Hall–Kier alpha value is -0.520. The summed E-state index contributed by atoms with van der Waals surface area (Å²) in [6.45, 7) is 4.14. The molecule has 0 bridgehead atoms. The van der Waals surface area contributed by atoms with Crippen LogP contribution in [0.3, 0.4) is 0 Å². The quantitative estimate of drug-likeness (QED) is 0.852. The average Bonchev–Trinajstić information content (AvgIpc) is 3.08. The molecule has 1 spiro atoms. The van der Waals surface area contributed by atoms with E-state index in [2.05, 4.69) is 16.3 Å². The highest BCUT2D eigenvalue weighted by atomic mass is 32.2. The minimum atomic E-state index is 0.236. The second-order valence-electron chi connectivity index (χ2n) is 5.54. The van der Waals surface area contributed by atoms with Gasteiger partial charge in [-0.05, 0) is 48.9 Å². The Labute approximate surface area is 122 Å². The first-order chi connectivity index (χ1) is 9.24. The van der Waals surface area contributed by atoms with Crippen molar-refractivity contribution in [1.82, 2.24) is 10.2 Å². The molecule has 1 aromatic heterocycles. The first-order valence-corrected chi connectivity index (χ1v) is 8.96. The van der Waals surface area contributed by atoms with Crippen LogP contribution in [0.2, 0.25) is 0 Å². The van der Waals surface area contributed by atoms with E-state index in [1.807, 2.05) is 11.6 Å². The minimum Gasteiger partial charge on any atom is -0.338 e. The van der Waals surface area contributed by atoms with Crippen LogP contribution in [0.4, 0.5) is 0 Å². The molecule has 5 heteroatoms. The fourth-order valence-electron chi connectivity index (χ4n) is 3.16.